The molecule has 2 aromatic carbocycles. The van der Waals surface area contributed by atoms with E-state index in [-0.39, 0.29) is 23.6 Å². The largest absolute Gasteiger partial charge is 0.459 e. The van der Waals surface area contributed by atoms with Gasteiger partial charge in [-0.25, -0.2) is 0 Å². The van der Waals surface area contributed by atoms with Gasteiger partial charge in [0.2, 0.25) is 5.91 Å². The maximum Gasteiger partial charge on any atom is 0.287 e. The summed E-state index contributed by atoms with van der Waals surface area (Å²) in [6.45, 7) is 0. The Balaban J connectivity index is 1.46. The van der Waals surface area contributed by atoms with Gasteiger partial charge in [-0.2, -0.15) is 0 Å². The Hall–Kier alpha value is -3.34. The second kappa shape index (κ2) is 8.78. The van der Waals surface area contributed by atoms with Crippen LogP contribution in [0.4, 0.5) is 0 Å². The van der Waals surface area contributed by atoms with E-state index >= 15 is 0 Å². The van der Waals surface area contributed by atoms with E-state index in [2.05, 4.69) is 28.8 Å². The van der Waals surface area contributed by atoms with E-state index in [1.807, 2.05) is 36.4 Å². The number of carbonyl (C=O) groups excluding carboxylic acids is 2. The molecule has 1 aliphatic carbocycles. The van der Waals surface area contributed by atoms with Crippen LogP contribution in [0.25, 0.3) is 0 Å². The van der Waals surface area contributed by atoms with Gasteiger partial charge in [-0.05, 0) is 48.1 Å². The molecule has 2 unspecified atom stereocenters. The molecule has 2 amide bonds. The Morgan fingerprint density at radius 2 is 1.72 bits per heavy atom. The van der Waals surface area contributed by atoms with E-state index in [0.717, 1.165) is 24.8 Å². The Morgan fingerprint density at radius 1 is 0.966 bits per heavy atom. The number of benzene rings is 2. The van der Waals surface area contributed by atoms with Crippen LogP contribution in [0, 0.1) is 0 Å². The third-order valence-electron chi connectivity index (χ3n) is 5.34. The standard InChI is InChI=1S/C24H24N2O3/c27-23(25-20-13-12-18-9-4-5-10-19(18)16-20)21(15-17-7-2-1-3-8-17)26-24(28)22-11-6-14-29-22/h1-11,14,20-21H,12-13,15-16H2,(H,25,27)(H,26,28). The number of aryl methyl sites for hydroxylation is 1. The number of fused-ring (bicyclic) bond motifs is 1. The normalized spacial score (nSPS) is 16.5. The van der Waals surface area contributed by atoms with Gasteiger partial charge in [0, 0.05) is 12.5 Å². The zero-order valence-electron chi connectivity index (χ0n) is 16.1. The fourth-order valence-electron chi connectivity index (χ4n) is 3.82. The van der Waals surface area contributed by atoms with Crippen molar-refractivity contribution >= 4 is 11.8 Å². The predicted molar refractivity (Wildman–Crippen MR) is 111 cm³/mol. The molecule has 0 saturated carbocycles. The summed E-state index contributed by atoms with van der Waals surface area (Å²) in [4.78, 5) is 25.6. The molecule has 5 heteroatoms. The first-order chi connectivity index (χ1) is 14.2. The number of hydrogen-bond donors (Lipinski definition) is 2. The second-order valence-corrected chi connectivity index (χ2v) is 7.41. The number of furan rings is 1. The molecule has 3 aromatic rings. The van der Waals surface area contributed by atoms with Crippen LogP contribution < -0.4 is 10.6 Å². The van der Waals surface area contributed by atoms with Gasteiger partial charge in [0.05, 0.1) is 6.26 Å². The first kappa shape index (κ1) is 19.0. The zero-order chi connectivity index (χ0) is 20.1. The van der Waals surface area contributed by atoms with Crippen molar-refractivity contribution in [2.45, 2.75) is 37.8 Å². The Bertz CT molecular complexity index is 967. The van der Waals surface area contributed by atoms with Gasteiger partial charge in [-0.3, -0.25) is 9.59 Å². The minimum atomic E-state index is -0.674. The monoisotopic (exact) mass is 388 g/mol. The van der Waals surface area contributed by atoms with Crippen LogP contribution in [0.5, 0.6) is 0 Å². The molecule has 0 aliphatic heterocycles. The average molecular weight is 388 g/mol. The lowest BCUT2D eigenvalue weighted by molar-refractivity contribution is -0.123. The molecule has 0 radical (unpaired) electrons. The average Bonchev–Trinajstić information content (AvgIpc) is 3.29. The zero-order valence-corrected chi connectivity index (χ0v) is 16.1. The van der Waals surface area contributed by atoms with E-state index in [1.165, 1.54) is 17.4 Å². The molecule has 4 rings (SSSR count). The van der Waals surface area contributed by atoms with Crippen molar-refractivity contribution in [3.05, 3.63) is 95.4 Å². The van der Waals surface area contributed by atoms with E-state index in [9.17, 15) is 9.59 Å². The summed E-state index contributed by atoms with van der Waals surface area (Å²) in [6.07, 6.45) is 4.52. The van der Waals surface area contributed by atoms with E-state index < -0.39 is 6.04 Å². The van der Waals surface area contributed by atoms with Crippen molar-refractivity contribution in [1.29, 1.82) is 0 Å². The van der Waals surface area contributed by atoms with E-state index in [1.54, 1.807) is 12.1 Å². The van der Waals surface area contributed by atoms with Gasteiger partial charge in [0.25, 0.3) is 5.91 Å². The smallest absolute Gasteiger partial charge is 0.287 e. The molecule has 5 nitrogen and oxygen atoms in total. The first-order valence-electron chi connectivity index (χ1n) is 9.94. The van der Waals surface area contributed by atoms with Crippen molar-refractivity contribution in [3.63, 3.8) is 0 Å². The van der Waals surface area contributed by atoms with E-state index in [0.29, 0.717) is 6.42 Å². The Kier molecular flexibility index (Phi) is 5.75. The highest BCUT2D eigenvalue weighted by Gasteiger charge is 2.26. The van der Waals surface area contributed by atoms with Gasteiger partial charge in [0.15, 0.2) is 5.76 Å². The third-order valence-corrected chi connectivity index (χ3v) is 5.34. The lowest BCUT2D eigenvalue weighted by Crippen LogP contribution is -2.51. The van der Waals surface area contributed by atoms with Gasteiger partial charge < -0.3 is 15.1 Å². The van der Waals surface area contributed by atoms with Gasteiger partial charge in [-0.1, -0.05) is 54.6 Å². The summed E-state index contributed by atoms with van der Waals surface area (Å²) >= 11 is 0. The molecule has 2 N–H and O–H groups in total. The highest BCUT2D eigenvalue weighted by molar-refractivity contribution is 5.95. The SMILES string of the molecule is O=C(NC(Cc1ccccc1)C(=O)NC1CCc2ccccc2C1)c1ccco1. The maximum absolute atomic E-state index is 13.1. The number of rotatable bonds is 6. The Morgan fingerprint density at radius 3 is 2.48 bits per heavy atom. The highest BCUT2D eigenvalue weighted by atomic mass is 16.3. The first-order valence-corrected chi connectivity index (χ1v) is 9.94. The molecule has 0 bridgehead atoms. The van der Waals surface area contributed by atoms with Crippen LogP contribution in [0.2, 0.25) is 0 Å². The van der Waals surface area contributed by atoms with Crippen LogP contribution in [-0.2, 0) is 24.1 Å². The number of carbonyl (C=O) groups is 2. The molecule has 1 heterocycles. The van der Waals surface area contributed by atoms with Gasteiger partial charge >= 0.3 is 0 Å². The Labute approximate surface area is 170 Å². The van der Waals surface area contributed by atoms with Crippen LogP contribution in [0.3, 0.4) is 0 Å². The molecule has 0 spiro atoms. The minimum absolute atomic E-state index is 0.0659. The lowest BCUT2D eigenvalue weighted by Gasteiger charge is -2.27. The molecule has 0 saturated heterocycles. The number of amides is 2. The van der Waals surface area contributed by atoms with E-state index in [4.69, 9.17) is 4.42 Å². The number of nitrogens with one attached hydrogen (secondary N) is 2. The van der Waals surface area contributed by atoms with Crippen LogP contribution in [0.15, 0.2) is 77.4 Å². The van der Waals surface area contributed by atoms with Crippen LogP contribution >= 0.6 is 0 Å². The molecule has 148 valence electrons. The highest BCUT2D eigenvalue weighted by Crippen LogP contribution is 2.21. The number of hydrogen-bond acceptors (Lipinski definition) is 3. The molecule has 1 aromatic heterocycles. The van der Waals surface area contributed by atoms with Gasteiger partial charge in [-0.15, -0.1) is 0 Å². The van der Waals surface area contributed by atoms with Crippen molar-refractivity contribution in [2.24, 2.45) is 0 Å². The molecule has 29 heavy (non-hydrogen) atoms. The molecule has 2 atom stereocenters. The van der Waals surface area contributed by atoms with Crippen molar-refractivity contribution < 1.29 is 14.0 Å². The summed E-state index contributed by atoms with van der Waals surface area (Å²) < 4.78 is 5.17. The molecule has 1 aliphatic rings. The second-order valence-electron chi connectivity index (χ2n) is 7.41. The predicted octanol–water partition coefficient (Wildman–Crippen LogP) is 3.29. The molecule has 0 fully saturated rings. The molecular formula is C24H24N2O3. The van der Waals surface area contributed by atoms with Crippen molar-refractivity contribution in [2.75, 3.05) is 0 Å². The lowest BCUT2D eigenvalue weighted by atomic mass is 9.88. The van der Waals surface area contributed by atoms with Crippen LogP contribution in [0.1, 0.15) is 33.7 Å². The summed E-state index contributed by atoms with van der Waals surface area (Å²) in [5, 5.41) is 5.98. The minimum Gasteiger partial charge on any atom is -0.459 e. The maximum atomic E-state index is 13.1. The quantitative estimate of drug-likeness (QED) is 0.681. The van der Waals surface area contributed by atoms with Gasteiger partial charge in [0.1, 0.15) is 6.04 Å². The molecular weight excluding hydrogens is 364 g/mol. The fourth-order valence-corrected chi connectivity index (χ4v) is 3.82. The summed E-state index contributed by atoms with van der Waals surface area (Å²) in [7, 11) is 0. The topological polar surface area (TPSA) is 71.3 Å². The summed E-state index contributed by atoms with van der Waals surface area (Å²) in [6, 6.07) is 20.7. The van der Waals surface area contributed by atoms with Crippen LogP contribution in [-0.4, -0.2) is 23.9 Å². The summed E-state index contributed by atoms with van der Waals surface area (Å²) in [5.74, 6) is -0.360. The summed E-state index contributed by atoms with van der Waals surface area (Å²) in [5.41, 5.74) is 3.62. The van der Waals surface area contributed by atoms with Crippen molar-refractivity contribution in [3.8, 4) is 0 Å². The third kappa shape index (κ3) is 4.74. The van der Waals surface area contributed by atoms with Crippen molar-refractivity contribution in [1.82, 2.24) is 10.6 Å². The fraction of sp³-hybridized carbons (Fsp3) is 0.250.